The number of ether oxygens (including phenoxy) is 2. The average Bonchev–Trinajstić information content (AvgIpc) is 3.48. The summed E-state index contributed by atoms with van der Waals surface area (Å²) in [5.41, 5.74) is 14.9. The van der Waals surface area contributed by atoms with Crippen molar-refractivity contribution in [3.05, 3.63) is 71.0 Å². The van der Waals surface area contributed by atoms with Gasteiger partial charge in [-0.15, -0.1) is 0 Å². The molecule has 0 spiro atoms. The van der Waals surface area contributed by atoms with Gasteiger partial charge in [0.25, 0.3) is 0 Å². The van der Waals surface area contributed by atoms with Crippen molar-refractivity contribution in [1.82, 2.24) is 14.7 Å². The third-order valence-corrected chi connectivity index (χ3v) is 7.18. The Hall–Kier alpha value is -3.62. The van der Waals surface area contributed by atoms with E-state index in [2.05, 4.69) is 69.1 Å². The van der Waals surface area contributed by atoms with E-state index in [1.807, 2.05) is 18.2 Å². The van der Waals surface area contributed by atoms with Crippen molar-refractivity contribution in [2.45, 2.75) is 32.3 Å². The number of para-hydroxylation sites is 1. The molecule has 6 rings (SSSR count). The third-order valence-electron chi connectivity index (χ3n) is 7.18. The van der Waals surface area contributed by atoms with Crippen LogP contribution in [0.1, 0.15) is 29.3 Å². The Kier molecular flexibility index (Phi) is 5.99. The van der Waals surface area contributed by atoms with Crippen molar-refractivity contribution in [3.8, 4) is 22.8 Å². The Bertz CT molecular complexity index is 1300. The number of methoxy groups -OCH3 is 1. The third kappa shape index (κ3) is 4.27. The highest BCUT2D eigenvalue weighted by molar-refractivity contribution is 5.73. The summed E-state index contributed by atoms with van der Waals surface area (Å²) in [4.78, 5) is 2.33. The number of aliphatic hydroxyl groups is 1. The molecule has 188 valence electrons. The van der Waals surface area contributed by atoms with Crippen LogP contribution >= 0.6 is 0 Å². The number of nitrogens with one attached hydrogen (secondary N) is 2. The molecule has 0 amide bonds. The summed E-state index contributed by atoms with van der Waals surface area (Å²) < 4.78 is 13.8. The number of anilines is 1. The van der Waals surface area contributed by atoms with E-state index < -0.39 is 0 Å². The van der Waals surface area contributed by atoms with E-state index in [1.54, 1.807) is 7.11 Å². The molecule has 3 N–H and O–H groups in total. The van der Waals surface area contributed by atoms with Gasteiger partial charge in [-0.2, -0.15) is 5.12 Å². The fourth-order valence-electron chi connectivity index (χ4n) is 5.42. The summed E-state index contributed by atoms with van der Waals surface area (Å²) in [5.74, 6) is 1.78. The van der Waals surface area contributed by atoms with Crippen molar-refractivity contribution >= 4 is 11.8 Å². The molecule has 0 aliphatic carbocycles. The maximum Gasteiger partial charge on any atom is 0.144 e. The molecule has 2 aromatic carbocycles. The molecule has 1 unspecified atom stereocenters. The lowest BCUT2D eigenvalue weighted by atomic mass is 10.0. The van der Waals surface area contributed by atoms with Gasteiger partial charge < -0.3 is 19.5 Å². The molecule has 36 heavy (non-hydrogen) atoms. The Morgan fingerprint density at radius 3 is 2.72 bits per heavy atom. The molecule has 8 nitrogen and oxygen atoms in total. The molecule has 1 aromatic heterocycles. The predicted octanol–water partition coefficient (Wildman–Crippen LogP) is 3.65. The largest absolute Gasteiger partial charge is 0.495 e. The van der Waals surface area contributed by atoms with Gasteiger partial charge in [-0.1, -0.05) is 12.1 Å². The van der Waals surface area contributed by atoms with Crippen LogP contribution in [0.25, 0.3) is 17.3 Å². The number of rotatable bonds is 6. The molecular formula is C28H33N5O3. The number of aromatic nitrogens is 1. The summed E-state index contributed by atoms with van der Waals surface area (Å²) in [6.45, 7) is 5.16. The molecule has 8 heteroatoms. The van der Waals surface area contributed by atoms with E-state index in [-0.39, 0.29) is 6.10 Å². The van der Waals surface area contributed by atoms with Crippen LogP contribution in [0.4, 0.5) is 5.69 Å². The molecule has 0 bridgehead atoms. The molecule has 1 atom stereocenters. The van der Waals surface area contributed by atoms with Gasteiger partial charge in [0.05, 0.1) is 36.9 Å². The van der Waals surface area contributed by atoms with E-state index in [4.69, 9.17) is 9.47 Å². The van der Waals surface area contributed by atoms with Crippen LogP contribution in [-0.2, 0) is 19.3 Å². The summed E-state index contributed by atoms with van der Waals surface area (Å²) in [6, 6.07) is 14.9. The summed E-state index contributed by atoms with van der Waals surface area (Å²) in [5, 5.41) is 11.7. The van der Waals surface area contributed by atoms with Crippen molar-refractivity contribution in [2.24, 2.45) is 0 Å². The summed E-state index contributed by atoms with van der Waals surface area (Å²) >= 11 is 0. The van der Waals surface area contributed by atoms with Crippen LogP contribution in [0.5, 0.6) is 11.5 Å². The van der Waals surface area contributed by atoms with Crippen LogP contribution in [0.2, 0.25) is 0 Å². The number of hydrogen-bond donors (Lipinski definition) is 3. The monoisotopic (exact) mass is 487 g/mol. The zero-order valence-electron chi connectivity index (χ0n) is 20.8. The minimum Gasteiger partial charge on any atom is -0.495 e. The van der Waals surface area contributed by atoms with Gasteiger partial charge >= 0.3 is 0 Å². The Balaban J connectivity index is 1.24. The molecule has 3 aliphatic rings. The second-order valence-electron chi connectivity index (χ2n) is 9.74. The van der Waals surface area contributed by atoms with Crippen LogP contribution in [0, 0.1) is 0 Å². The smallest absolute Gasteiger partial charge is 0.144 e. The van der Waals surface area contributed by atoms with E-state index in [1.165, 1.54) is 16.7 Å². The minimum absolute atomic E-state index is 0.318. The van der Waals surface area contributed by atoms with Gasteiger partial charge in [-0.3, -0.25) is 5.43 Å². The van der Waals surface area contributed by atoms with Crippen LogP contribution in [0.15, 0.2) is 48.7 Å². The van der Waals surface area contributed by atoms with E-state index in [0.717, 1.165) is 73.1 Å². The Labute approximate surface area is 211 Å². The number of benzene rings is 2. The fourth-order valence-corrected chi connectivity index (χ4v) is 5.42. The molecule has 4 heterocycles. The number of hydrogen-bond acceptors (Lipinski definition) is 7. The summed E-state index contributed by atoms with van der Waals surface area (Å²) in [7, 11) is 1.71. The maximum atomic E-state index is 9.81. The molecule has 0 radical (unpaired) electrons. The van der Waals surface area contributed by atoms with Gasteiger partial charge in [0, 0.05) is 37.8 Å². The predicted molar refractivity (Wildman–Crippen MR) is 141 cm³/mol. The van der Waals surface area contributed by atoms with Gasteiger partial charge in [0.1, 0.15) is 11.5 Å². The highest BCUT2D eigenvalue weighted by Crippen LogP contribution is 2.38. The zero-order chi connectivity index (χ0) is 24.6. The van der Waals surface area contributed by atoms with Crippen LogP contribution in [0.3, 0.4) is 0 Å². The van der Waals surface area contributed by atoms with Crippen molar-refractivity contribution < 1.29 is 14.6 Å². The van der Waals surface area contributed by atoms with E-state index in [9.17, 15) is 5.11 Å². The second kappa shape index (κ2) is 9.44. The number of β-amino-alcohol motifs (C(OH)–C–C–N with tert-alkyl or cyclic N) is 1. The molecule has 0 saturated heterocycles. The highest BCUT2D eigenvalue weighted by Gasteiger charge is 2.23. The first kappa shape index (κ1) is 22.8. The van der Waals surface area contributed by atoms with Gasteiger partial charge in [-0.05, 0) is 72.9 Å². The molecular weight excluding hydrogens is 454 g/mol. The minimum atomic E-state index is -0.318. The SMILES string of the molecule is COc1cc2c(cc1NN1C=Cc3ccc(-c4cccc5c4OCC5)n3N1)CCN(CC(C)O)CC2. The first-order valence-corrected chi connectivity index (χ1v) is 12.7. The number of aliphatic hydroxyl groups excluding tert-OH is 1. The fraction of sp³-hybridized carbons (Fsp3) is 0.357. The van der Waals surface area contributed by atoms with Gasteiger partial charge in [-0.25, -0.2) is 10.2 Å². The normalized spacial score (nSPS) is 17.4. The highest BCUT2D eigenvalue weighted by atomic mass is 16.5. The number of nitrogens with zero attached hydrogens (tertiary/aromatic N) is 3. The quantitative estimate of drug-likeness (QED) is 0.490. The topological polar surface area (TPSA) is 74.2 Å². The summed E-state index contributed by atoms with van der Waals surface area (Å²) in [6.07, 6.45) is 6.56. The van der Waals surface area contributed by atoms with Crippen molar-refractivity contribution in [1.29, 1.82) is 0 Å². The zero-order valence-corrected chi connectivity index (χ0v) is 20.8. The van der Waals surface area contributed by atoms with Crippen LogP contribution in [-0.4, -0.2) is 59.3 Å². The first-order valence-electron chi connectivity index (χ1n) is 12.7. The lowest BCUT2D eigenvalue weighted by molar-refractivity contribution is 0.129. The first-order chi connectivity index (χ1) is 17.6. The van der Waals surface area contributed by atoms with Crippen LogP contribution < -0.4 is 20.4 Å². The van der Waals surface area contributed by atoms with Gasteiger partial charge in [0.15, 0.2) is 0 Å². The van der Waals surface area contributed by atoms with E-state index in [0.29, 0.717) is 6.54 Å². The second-order valence-corrected chi connectivity index (χ2v) is 9.74. The lowest BCUT2D eigenvalue weighted by Crippen LogP contribution is -2.39. The van der Waals surface area contributed by atoms with Crippen molar-refractivity contribution in [3.63, 3.8) is 0 Å². The number of hydrazine groups is 2. The molecule has 0 fully saturated rings. The van der Waals surface area contributed by atoms with Gasteiger partial charge in [0.2, 0.25) is 0 Å². The van der Waals surface area contributed by atoms with Crippen molar-refractivity contribution in [2.75, 3.05) is 44.3 Å². The molecule has 3 aromatic rings. The molecule has 0 saturated carbocycles. The van der Waals surface area contributed by atoms with E-state index >= 15 is 0 Å². The average molecular weight is 488 g/mol. The standard InChI is InChI=1S/C28H33N5O3/c1-19(34)18-31-12-8-21-16-25(27(35-2)17-22(21)9-13-31)29-32-14-10-23-6-7-26(33(23)30-32)24-5-3-4-20-11-15-36-28(20)24/h3-7,10,14,16-17,19,29-30,34H,8-9,11-13,15,18H2,1-2H3. The number of fused-ring (bicyclic) bond motifs is 3. The maximum absolute atomic E-state index is 9.81. The Morgan fingerprint density at radius 2 is 1.92 bits per heavy atom. The lowest BCUT2D eigenvalue weighted by Gasteiger charge is -2.30. The molecule has 3 aliphatic heterocycles. The Morgan fingerprint density at radius 1 is 1.08 bits per heavy atom.